The molecule has 1 aromatic carbocycles. The fraction of sp³-hybridized carbons (Fsp3) is 0.500. The molecule has 0 atom stereocenters. The van der Waals surface area contributed by atoms with E-state index >= 15 is 0 Å². The molecule has 1 N–H and O–H groups in total. The first kappa shape index (κ1) is 16.0. The summed E-state index contributed by atoms with van der Waals surface area (Å²) in [6, 6.07) is 5.20. The number of halogens is 1. The summed E-state index contributed by atoms with van der Waals surface area (Å²) in [6.45, 7) is 9.26. The van der Waals surface area contributed by atoms with Crippen LogP contribution < -0.4 is 5.32 Å². The largest absolute Gasteiger partial charge is 0.312 e. The van der Waals surface area contributed by atoms with Gasteiger partial charge in [0.15, 0.2) is 5.01 Å². The van der Waals surface area contributed by atoms with Crippen molar-refractivity contribution in [1.29, 1.82) is 0 Å². The molecule has 0 saturated carbocycles. The Hall–Kier alpha value is -1.33. The maximum Gasteiger partial charge on any atom is 0.150 e. The van der Waals surface area contributed by atoms with Gasteiger partial charge in [0.25, 0.3) is 0 Å². The number of aromatic nitrogens is 2. The van der Waals surface area contributed by atoms with Crippen LogP contribution >= 0.6 is 11.3 Å². The van der Waals surface area contributed by atoms with Gasteiger partial charge in [0.2, 0.25) is 0 Å². The second-order valence-electron chi connectivity index (χ2n) is 6.26. The lowest BCUT2D eigenvalue weighted by Gasteiger charge is -2.20. The Balaban J connectivity index is 1.95. The quantitative estimate of drug-likeness (QED) is 0.849. The summed E-state index contributed by atoms with van der Waals surface area (Å²) in [5.74, 6) is -0.230. The molecular formula is C16H22FN3S. The van der Waals surface area contributed by atoms with Crippen molar-refractivity contribution in [2.75, 3.05) is 6.54 Å². The summed E-state index contributed by atoms with van der Waals surface area (Å²) in [5.41, 5.74) is 1.59. The van der Waals surface area contributed by atoms with Gasteiger partial charge in [-0.25, -0.2) is 4.39 Å². The molecule has 3 nitrogen and oxygen atoms in total. The number of hydrogen-bond acceptors (Lipinski definition) is 4. The molecule has 0 aliphatic rings. The topological polar surface area (TPSA) is 37.8 Å². The Bertz CT molecular complexity index is 602. The lowest BCUT2D eigenvalue weighted by molar-refractivity contribution is 0.422. The third kappa shape index (κ3) is 4.86. The maximum atomic E-state index is 13.9. The van der Waals surface area contributed by atoms with Crippen molar-refractivity contribution in [3.8, 4) is 10.6 Å². The molecule has 0 bridgehead atoms. The molecule has 0 saturated heterocycles. The Labute approximate surface area is 129 Å². The van der Waals surface area contributed by atoms with Crippen LogP contribution in [0.2, 0.25) is 0 Å². The Morgan fingerprint density at radius 1 is 1.24 bits per heavy atom. The molecule has 0 aliphatic heterocycles. The SMILES string of the molecule is Cc1ccc(-c2nnc(CCCNC(C)(C)C)s2)c(F)c1. The highest BCUT2D eigenvalue weighted by Gasteiger charge is 2.12. The third-order valence-corrected chi connectivity index (χ3v) is 4.06. The van der Waals surface area contributed by atoms with Gasteiger partial charge in [0.05, 0.1) is 0 Å². The standard InChI is InChI=1S/C16H22FN3S/c1-11-7-8-12(13(17)10-11)15-20-19-14(21-15)6-5-9-18-16(2,3)4/h7-8,10,18H,5-6,9H2,1-4H3. The van der Waals surface area contributed by atoms with Crippen molar-refractivity contribution in [2.24, 2.45) is 0 Å². The van der Waals surface area contributed by atoms with Gasteiger partial charge in [-0.2, -0.15) is 0 Å². The smallest absolute Gasteiger partial charge is 0.150 e. The van der Waals surface area contributed by atoms with E-state index in [9.17, 15) is 4.39 Å². The summed E-state index contributed by atoms with van der Waals surface area (Å²) in [4.78, 5) is 0. The molecule has 2 aromatic rings. The molecule has 0 amide bonds. The van der Waals surface area contributed by atoms with E-state index < -0.39 is 0 Å². The fourth-order valence-corrected chi connectivity index (χ4v) is 2.87. The van der Waals surface area contributed by atoms with Crippen LogP contribution in [0, 0.1) is 12.7 Å². The minimum Gasteiger partial charge on any atom is -0.312 e. The number of nitrogens with zero attached hydrogens (tertiary/aromatic N) is 2. The highest BCUT2D eigenvalue weighted by atomic mass is 32.1. The van der Waals surface area contributed by atoms with E-state index in [2.05, 4.69) is 36.3 Å². The number of aryl methyl sites for hydroxylation is 2. The van der Waals surface area contributed by atoms with E-state index in [1.54, 1.807) is 6.07 Å². The molecule has 21 heavy (non-hydrogen) atoms. The Morgan fingerprint density at radius 2 is 2.00 bits per heavy atom. The van der Waals surface area contributed by atoms with Crippen LogP contribution in [0.5, 0.6) is 0 Å². The van der Waals surface area contributed by atoms with Gasteiger partial charge in [0, 0.05) is 17.5 Å². The first-order valence-corrected chi connectivity index (χ1v) is 8.01. The average molecular weight is 307 g/mol. The van der Waals surface area contributed by atoms with Gasteiger partial charge < -0.3 is 5.32 Å². The van der Waals surface area contributed by atoms with Crippen LogP contribution in [-0.2, 0) is 6.42 Å². The lowest BCUT2D eigenvalue weighted by Crippen LogP contribution is -2.36. The number of benzene rings is 1. The molecule has 2 rings (SSSR count). The molecule has 0 radical (unpaired) electrons. The van der Waals surface area contributed by atoms with Gasteiger partial charge in [-0.3, -0.25) is 0 Å². The van der Waals surface area contributed by atoms with Crippen molar-refractivity contribution in [2.45, 2.75) is 46.1 Å². The zero-order valence-corrected chi connectivity index (χ0v) is 13.9. The second-order valence-corrected chi connectivity index (χ2v) is 7.33. The van der Waals surface area contributed by atoms with Crippen LogP contribution in [0.25, 0.3) is 10.6 Å². The molecule has 5 heteroatoms. The summed E-state index contributed by atoms with van der Waals surface area (Å²) in [5, 5.41) is 13.3. The summed E-state index contributed by atoms with van der Waals surface area (Å²) < 4.78 is 13.9. The molecule has 0 fully saturated rings. The van der Waals surface area contributed by atoms with Crippen LogP contribution in [0.3, 0.4) is 0 Å². The minimum atomic E-state index is -0.230. The Morgan fingerprint density at radius 3 is 2.67 bits per heavy atom. The van der Waals surface area contributed by atoms with Crippen molar-refractivity contribution in [3.63, 3.8) is 0 Å². The molecule has 0 aliphatic carbocycles. The van der Waals surface area contributed by atoms with Crippen LogP contribution in [0.4, 0.5) is 4.39 Å². The van der Waals surface area contributed by atoms with Gasteiger partial charge in [-0.05, 0) is 58.4 Å². The first-order valence-electron chi connectivity index (χ1n) is 7.19. The van der Waals surface area contributed by atoms with Crippen molar-refractivity contribution in [3.05, 3.63) is 34.6 Å². The van der Waals surface area contributed by atoms with Gasteiger partial charge in [-0.15, -0.1) is 10.2 Å². The minimum absolute atomic E-state index is 0.136. The van der Waals surface area contributed by atoms with Crippen LogP contribution in [0.1, 0.15) is 37.8 Å². The highest BCUT2D eigenvalue weighted by molar-refractivity contribution is 7.14. The molecule has 0 unspecified atom stereocenters. The van der Waals surface area contributed by atoms with Crippen LogP contribution in [-0.4, -0.2) is 22.3 Å². The fourth-order valence-electron chi connectivity index (χ4n) is 1.96. The first-order chi connectivity index (χ1) is 9.85. The summed E-state index contributed by atoms with van der Waals surface area (Å²) >= 11 is 1.47. The number of nitrogens with one attached hydrogen (secondary N) is 1. The predicted molar refractivity (Wildman–Crippen MR) is 86.1 cm³/mol. The molecular weight excluding hydrogens is 285 g/mol. The summed E-state index contributed by atoms with van der Waals surface area (Å²) in [7, 11) is 0. The van der Waals surface area contributed by atoms with E-state index in [4.69, 9.17) is 0 Å². The maximum absolute atomic E-state index is 13.9. The van der Waals surface area contributed by atoms with Gasteiger partial charge >= 0.3 is 0 Å². The zero-order chi connectivity index (χ0) is 15.5. The third-order valence-electron chi connectivity index (χ3n) is 3.04. The molecule has 0 spiro atoms. The predicted octanol–water partition coefficient (Wildman–Crippen LogP) is 3.97. The molecule has 1 heterocycles. The Kier molecular flexibility index (Phi) is 5.06. The van der Waals surface area contributed by atoms with Crippen molar-refractivity contribution in [1.82, 2.24) is 15.5 Å². The number of rotatable bonds is 5. The van der Waals surface area contributed by atoms with E-state index in [1.165, 1.54) is 17.4 Å². The van der Waals surface area contributed by atoms with Crippen LogP contribution in [0.15, 0.2) is 18.2 Å². The molecule has 1 aromatic heterocycles. The van der Waals surface area contributed by atoms with E-state index in [0.717, 1.165) is 30.0 Å². The normalized spacial score (nSPS) is 11.9. The molecule has 114 valence electrons. The van der Waals surface area contributed by atoms with E-state index in [-0.39, 0.29) is 11.4 Å². The van der Waals surface area contributed by atoms with Crippen molar-refractivity contribution >= 4 is 11.3 Å². The second kappa shape index (κ2) is 6.62. The van der Waals surface area contributed by atoms with Gasteiger partial charge in [-0.1, -0.05) is 17.4 Å². The van der Waals surface area contributed by atoms with Crippen molar-refractivity contribution < 1.29 is 4.39 Å². The van der Waals surface area contributed by atoms with E-state index in [0.29, 0.717) is 10.6 Å². The summed E-state index contributed by atoms with van der Waals surface area (Å²) in [6.07, 6.45) is 1.87. The monoisotopic (exact) mass is 307 g/mol. The van der Waals surface area contributed by atoms with Gasteiger partial charge in [0.1, 0.15) is 10.8 Å². The lowest BCUT2D eigenvalue weighted by atomic mass is 10.1. The zero-order valence-electron chi connectivity index (χ0n) is 13.0. The number of hydrogen-bond donors (Lipinski definition) is 1. The average Bonchev–Trinajstić information content (AvgIpc) is 2.82. The highest BCUT2D eigenvalue weighted by Crippen LogP contribution is 2.27. The van der Waals surface area contributed by atoms with E-state index in [1.807, 2.05) is 13.0 Å².